The lowest BCUT2D eigenvalue weighted by Gasteiger charge is -2.07. The maximum atomic E-state index is 12.7. The molecule has 0 aliphatic heterocycles. The van der Waals surface area contributed by atoms with E-state index in [-0.39, 0.29) is 24.8 Å². The Kier molecular flexibility index (Phi) is 4.71. The number of anilines is 1. The molecule has 20 heavy (non-hydrogen) atoms. The van der Waals surface area contributed by atoms with E-state index in [2.05, 4.69) is 5.32 Å². The average molecular weight is 273 g/mol. The molecule has 0 saturated heterocycles. The summed E-state index contributed by atoms with van der Waals surface area (Å²) >= 11 is 0. The van der Waals surface area contributed by atoms with Gasteiger partial charge < -0.3 is 10.1 Å². The van der Waals surface area contributed by atoms with Gasteiger partial charge in [-0.1, -0.05) is 12.1 Å². The van der Waals surface area contributed by atoms with Crippen LogP contribution in [0, 0.1) is 12.7 Å². The third kappa shape index (κ3) is 4.39. The number of aryl methyl sites for hydroxylation is 1. The Bertz CT molecular complexity index is 581. The highest BCUT2D eigenvalue weighted by atomic mass is 19.1. The monoisotopic (exact) mass is 273 g/mol. The topological polar surface area (TPSA) is 38.3 Å². The minimum atomic E-state index is -0.311. The van der Waals surface area contributed by atoms with Gasteiger partial charge in [-0.25, -0.2) is 4.39 Å². The highest BCUT2D eigenvalue weighted by molar-refractivity contribution is 5.90. The molecule has 0 saturated carbocycles. The Morgan fingerprint density at radius 1 is 1.20 bits per heavy atom. The summed E-state index contributed by atoms with van der Waals surface area (Å²) in [5, 5.41) is 2.80. The first-order chi connectivity index (χ1) is 9.63. The molecule has 2 aromatic carbocycles. The summed E-state index contributed by atoms with van der Waals surface area (Å²) in [5.74, 6) is 0.127. The maximum Gasteiger partial charge on any atom is 0.227 e. The zero-order valence-corrected chi connectivity index (χ0v) is 11.2. The molecular weight excluding hydrogens is 257 g/mol. The second kappa shape index (κ2) is 6.70. The van der Waals surface area contributed by atoms with Crippen LogP contribution in [-0.2, 0) is 4.79 Å². The number of carbonyl (C=O) groups excluding carboxylic acids is 1. The summed E-state index contributed by atoms with van der Waals surface area (Å²) in [6, 6.07) is 13.3. The minimum Gasteiger partial charge on any atom is -0.493 e. The van der Waals surface area contributed by atoms with Gasteiger partial charge >= 0.3 is 0 Å². The number of ether oxygens (including phenoxy) is 1. The molecule has 3 nitrogen and oxygen atoms in total. The van der Waals surface area contributed by atoms with Crippen LogP contribution >= 0.6 is 0 Å². The molecule has 4 heteroatoms. The molecule has 0 aromatic heterocycles. The molecule has 0 bridgehead atoms. The van der Waals surface area contributed by atoms with E-state index >= 15 is 0 Å². The van der Waals surface area contributed by atoms with Crippen LogP contribution in [0.25, 0.3) is 0 Å². The summed E-state index contributed by atoms with van der Waals surface area (Å²) in [6.07, 6.45) is 0.241. The van der Waals surface area contributed by atoms with Gasteiger partial charge in [-0.15, -0.1) is 0 Å². The van der Waals surface area contributed by atoms with Crippen molar-refractivity contribution in [2.75, 3.05) is 11.9 Å². The van der Waals surface area contributed by atoms with Crippen molar-refractivity contribution in [1.29, 1.82) is 0 Å². The molecule has 0 aliphatic carbocycles. The van der Waals surface area contributed by atoms with Crippen LogP contribution in [0.3, 0.4) is 0 Å². The van der Waals surface area contributed by atoms with Crippen molar-refractivity contribution in [2.45, 2.75) is 13.3 Å². The summed E-state index contributed by atoms with van der Waals surface area (Å²) in [7, 11) is 0. The van der Waals surface area contributed by atoms with Gasteiger partial charge in [0.05, 0.1) is 13.0 Å². The number of nitrogens with one attached hydrogen (secondary N) is 1. The Hall–Kier alpha value is -2.36. The summed E-state index contributed by atoms with van der Waals surface area (Å²) in [6.45, 7) is 2.22. The number of benzene rings is 2. The van der Waals surface area contributed by atoms with E-state index < -0.39 is 0 Å². The van der Waals surface area contributed by atoms with Crippen LogP contribution in [-0.4, -0.2) is 12.5 Å². The van der Waals surface area contributed by atoms with Gasteiger partial charge in [-0.2, -0.15) is 0 Å². The minimum absolute atomic E-state index is 0.113. The first-order valence-corrected chi connectivity index (χ1v) is 6.38. The number of rotatable bonds is 5. The molecule has 2 rings (SSSR count). The predicted molar refractivity (Wildman–Crippen MR) is 76.3 cm³/mol. The van der Waals surface area contributed by atoms with Crippen LogP contribution in [0.4, 0.5) is 10.1 Å². The summed E-state index contributed by atoms with van der Waals surface area (Å²) in [4.78, 5) is 11.7. The van der Waals surface area contributed by atoms with Crippen molar-refractivity contribution < 1.29 is 13.9 Å². The number of hydrogen-bond donors (Lipinski definition) is 1. The fraction of sp³-hybridized carbons (Fsp3) is 0.188. The first-order valence-electron chi connectivity index (χ1n) is 6.38. The Morgan fingerprint density at radius 3 is 2.65 bits per heavy atom. The van der Waals surface area contributed by atoms with Crippen molar-refractivity contribution in [3.05, 3.63) is 59.9 Å². The normalized spacial score (nSPS) is 10.1. The molecule has 104 valence electrons. The van der Waals surface area contributed by atoms with Crippen molar-refractivity contribution in [3.63, 3.8) is 0 Å². The van der Waals surface area contributed by atoms with Crippen molar-refractivity contribution in [2.24, 2.45) is 0 Å². The second-order valence-corrected chi connectivity index (χ2v) is 4.47. The smallest absolute Gasteiger partial charge is 0.227 e. The van der Waals surface area contributed by atoms with Gasteiger partial charge in [0.2, 0.25) is 5.91 Å². The molecule has 0 radical (unpaired) electrons. The Morgan fingerprint density at radius 2 is 1.95 bits per heavy atom. The first kappa shape index (κ1) is 14.1. The molecule has 1 N–H and O–H groups in total. The van der Waals surface area contributed by atoms with Gasteiger partial charge in [-0.3, -0.25) is 4.79 Å². The van der Waals surface area contributed by atoms with Gasteiger partial charge in [0.15, 0.2) is 0 Å². The number of amides is 1. The average Bonchev–Trinajstić information content (AvgIpc) is 2.41. The molecule has 0 fully saturated rings. The van der Waals surface area contributed by atoms with Crippen molar-refractivity contribution in [3.8, 4) is 5.75 Å². The van der Waals surface area contributed by atoms with E-state index in [1.54, 1.807) is 0 Å². The molecule has 0 aliphatic rings. The van der Waals surface area contributed by atoms with Crippen molar-refractivity contribution >= 4 is 11.6 Å². The maximum absolute atomic E-state index is 12.7. The van der Waals surface area contributed by atoms with E-state index in [1.807, 2.05) is 31.2 Å². The Balaban J connectivity index is 1.76. The lowest BCUT2D eigenvalue weighted by atomic mass is 10.2. The lowest BCUT2D eigenvalue weighted by Crippen LogP contribution is -2.15. The van der Waals surface area contributed by atoms with Gasteiger partial charge in [-0.05, 0) is 48.9 Å². The van der Waals surface area contributed by atoms with E-state index in [0.717, 1.165) is 11.3 Å². The summed E-state index contributed by atoms with van der Waals surface area (Å²) < 4.78 is 18.1. The highest BCUT2D eigenvalue weighted by Crippen LogP contribution is 2.12. The molecular formula is C16H16FNO2. The van der Waals surface area contributed by atoms with Crippen LogP contribution in [0.5, 0.6) is 5.75 Å². The van der Waals surface area contributed by atoms with Crippen LogP contribution in [0.1, 0.15) is 12.0 Å². The van der Waals surface area contributed by atoms with Crippen molar-refractivity contribution in [1.82, 2.24) is 0 Å². The molecule has 0 spiro atoms. The molecule has 0 heterocycles. The van der Waals surface area contributed by atoms with E-state index in [4.69, 9.17) is 4.74 Å². The third-order valence-corrected chi connectivity index (χ3v) is 2.71. The Labute approximate surface area is 117 Å². The quantitative estimate of drug-likeness (QED) is 0.904. The number of halogens is 1. The fourth-order valence-electron chi connectivity index (χ4n) is 1.74. The zero-order chi connectivity index (χ0) is 14.4. The standard InChI is InChI=1S/C16H16FNO2/c1-12-3-2-4-14(11-12)18-16(19)9-10-20-15-7-5-13(17)6-8-15/h2-8,11H,9-10H2,1H3,(H,18,19). The summed E-state index contributed by atoms with van der Waals surface area (Å²) in [5.41, 5.74) is 1.86. The molecule has 0 unspecified atom stereocenters. The SMILES string of the molecule is Cc1cccc(NC(=O)CCOc2ccc(F)cc2)c1. The third-order valence-electron chi connectivity index (χ3n) is 2.71. The fourth-order valence-corrected chi connectivity index (χ4v) is 1.74. The van der Waals surface area contributed by atoms with Crippen LogP contribution < -0.4 is 10.1 Å². The van der Waals surface area contributed by atoms with Crippen LogP contribution in [0.15, 0.2) is 48.5 Å². The van der Waals surface area contributed by atoms with Crippen LogP contribution in [0.2, 0.25) is 0 Å². The predicted octanol–water partition coefficient (Wildman–Crippen LogP) is 3.54. The molecule has 1 amide bonds. The lowest BCUT2D eigenvalue weighted by molar-refractivity contribution is -0.116. The largest absolute Gasteiger partial charge is 0.493 e. The number of carbonyl (C=O) groups is 1. The van der Waals surface area contributed by atoms with Gasteiger partial charge in [0, 0.05) is 5.69 Å². The molecule has 0 atom stereocenters. The zero-order valence-electron chi connectivity index (χ0n) is 11.2. The number of hydrogen-bond acceptors (Lipinski definition) is 2. The van der Waals surface area contributed by atoms with E-state index in [9.17, 15) is 9.18 Å². The van der Waals surface area contributed by atoms with E-state index in [0.29, 0.717) is 5.75 Å². The highest BCUT2D eigenvalue weighted by Gasteiger charge is 2.03. The van der Waals surface area contributed by atoms with Gasteiger partial charge in [0.25, 0.3) is 0 Å². The molecule has 2 aromatic rings. The second-order valence-electron chi connectivity index (χ2n) is 4.47. The van der Waals surface area contributed by atoms with Gasteiger partial charge in [0.1, 0.15) is 11.6 Å². The van der Waals surface area contributed by atoms with E-state index in [1.165, 1.54) is 24.3 Å².